The third kappa shape index (κ3) is 3.62. The van der Waals surface area contributed by atoms with Gasteiger partial charge in [0, 0.05) is 10.9 Å². The lowest BCUT2D eigenvalue weighted by Crippen LogP contribution is -2.21. The predicted octanol–water partition coefficient (Wildman–Crippen LogP) is 3.23. The summed E-state index contributed by atoms with van der Waals surface area (Å²) in [7, 11) is 0. The molecule has 2 atom stereocenters. The van der Waals surface area contributed by atoms with Crippen molar-refractivity contribution in [3.05, 3.63) is 69.9 Å². The molecule has 0 bridgehead atoms. The molecule has 2 N–H and O–H groups in total. The van der Waals surface area contributed by atoms with Gasteiger partial charge in [-0.15, -0.1) is 0 Å². The van der Waals surface area contributed by atoms with Crippen LogP contribution in [0.25, 0.3) is 0 Å². The Balaban J connectivity index is 2.12. The van der Waals surface area contributed by atoms with E-state index in [4.69, 9.17) is 0 Å². The van der Waals surface area contributed by atoms with Crippen LogP contribution in [0, 0.1) is 5.82 Å². The van der Waals surface area contributed by atoms with Gasteiger partial charge in [-0.25, -0.2) is 4.39 Å². The molecule has 19 heavy (non-hydrogen) atoms. The van der Waals surface area contributed by atoms with Crippen molar-refractivity contribution in [2.24, 2.45) is 0 Å². The average Bonchev–Trinajstić information content (AvgIpc) is 2.43. The molecule has 2 aromatic carbocycles. The molecule has 2 rings (SSSR count). The van der Waals surface area contributed by atoms with Crippen LogP contribution in [0.2, 0.25) is 0 Å². The summed E-state index contributed by atoms with van der Waals surface area (Å²) >= 11 is 3.30. The van der Waals surface area contributed by atoms with Crippen LogP contribution in [-0.4, -0.2) is 16.3 Å². The van der Waals surface area contributed by atoms with E-state index in [-0.39, 0.29) is 12.2 Å². The molecular weight excluding hydrogens is 311 g/mol. The normalized spacial score (nSPS) is 14.1. The Labute approximate surface area is 119 Å². The van der Waals surface area contributed by atoms with Gasteiger partial charge in [-0.3, -0.25) is 0 Å². The number of halogens is 2. The minimum absolute atomic E-state index is 0.175. The van der Waals surface area contributed by atoms with Gasteiger partial charge < -0.3 is 10.2 Å². The molecule has 0 aliphatic rings. The first kappa shape index (κ1) is 14.2. The Hall–Kier alpha value is -1.23. The van der Waals surface area contributed by atoms with Crippen LogP contribution in [0.1, 0.15) is 17.2 Å². The minimum atomic E-state index is -0.989. The van der Waals surface area contributed by atoms with E-state index in [0.717, 1.165) is 0 Å². The van der Waals surface area contributed by atoms with Gasteiger partial charge in [0.2, 0.25) is 0 Å². The summed E-state index contributed by atoms with van der Waals surface area (Å²) in [5.41, 5.74) is 1.27. The standard InChI is InChI=1S/C15H14BrFO2/c16-13-7-6-12(17)8-11(13)9-14(18)15(19)10-4-2-1-3-5-10/h1-8,14-15,18-19H,9H2. The third-order valence-corrected chi connectivity index (χ3v) is 3.72. The molecule has 0 amide bonds. The first-order chi connectivity index (χ1) is 9.08. The number of hydrogen-bond acceptors (Lipinski definition) is 2. The van der Waals surface area contributed by atoms with E-state index >= 15 is 0 Å². The van der Waals surface area contributed by atoms with Gasteiger partial charge in [0.15, 0.2) is 0 Å². The topological polar surface area (TPSA) is 40.5 Å². The maximum absolute atomic E-state index is 13.2. The highest BCUT2D eigenvalue weighted by molar-refractivity contribution is 9.10. The van der Waals surface area contributed by atoms with Crippen LogP contribution in [0.4, 0.5) is 4.39 Å². The molecule has 0 aliphatic heterocycles. The summed E-state index contributed by atoms with van der Waals surface area (Å²) in [5, 5.41) is 20.1. The highest BCUT2D eigenvalue weighted by Crippen LogP contribution is 2.24. The van der Waals surface area contributed by atoms with Gasteiger partial charge in [-0.1, -0.05) is 46.3 Å². The molecular formula is C15H14BrFO2. The van der Waals surface area contributed by atoms with Crippen LogP contribution < -0.4 is 0 Å². The molecule has 0 fully saturated rings. The summed E-state index contributed by atoms with van der Waals surface area (Å²) < 4.78 is 13.9. The lowest BCUT2D eigenvalue weighted by atomic mass is 9.98. The Morgan fingerprint density at radius 1 is 1.05 bits per heavy atom. The van der Waals surface area contributed by atoms with Crippen LogP contribution in [0.3, 0.4) is 0 Å². The van der Waals surface area contributed by atoms with Gasteiger partial charge in [0.1, 0.15) is 11.9 Å². The van der Waals surface area contributed by atoms with E-state index in [1.807, 2.05) is 6.07 Å². The quantitative estimate of drug-likeness (QED) is 0.906. The van der Waals surface area contributed by atoms with Crippen molar-refractivity contribution in [1.29, 1.82) is 0 Å². The van der Waals surface area contributed by atoms with Gasteiger partial charge >= 0.3 is 0 Å². The third-order valence-electron chi connectivity index (χ3n) is 2.94. The zero-order chi connectivity index (χ0) is 13.8. The maximum Gasteiger partial charge on any atom is 0.123 e. The second-order valence-corrected chi connectivity index (χ2v) is 5.22. The summed E-state index contributed by atoms with van der Waals surface area (Å²) in [6.45, 7) is 0. The van der Waals surface area contributed by atoms with E-state index in [9.17, 15) is 14.6 Å². The molecule has 4 heteroatoms. The first-order valence-electron chi connectivity index (χ1n) is 5.93. The molecule has 2 aromatic rings. The number of benzene rings is 2. The van der Waals surface area contributed by atoms with Crippen molar-refractivity contribution >= 4 is 15.9 Å². The van der Waals surface area contributed by atoms with E-state index < -0.39 is 12.2 Å². The van der Waals surface area contributed by atoms with E-state index in [1.54, 1.807) is 30.3 Å². The molecule has 0 aromatic heterocycles. The van der Waals surface area contributed by atoms with Crippen molar-refractivity contribution in [2.75, 3.05) is 0 Å². The van der Waals surface area contributed by atoms with Gasteiger partial charge in [0.05, 0.1) is 6.10 Å². The fourth-order valence-electron chi connectivity index (χ4n) is 1.91. The van der Waals surface area contributed by atoms with Crippen LogP contribution in [0.5, 0.6) is 0 Å². The number of rotatable bonds is 4. The van der Waals surface area contributed by atoms with Crippen molar-refractivity contribution in [2.45, 2.75) is 18.6 Å². The Morgan fingerprint density at radius 2 is 1.74 bits per heavy atom. The van der Waals surface area contributed by atoms with E-state index in [2.05, 4.69) is 15.9 Å². The molecule has 2 unspecified atom stereocenters. The van der Waals surface area contributed by atoms with Crippen LogP contribution >= 0.6 is 15.9 Å². The summed E-state index contributed by atoms with van der Waals surface area (Å²) in [4.78, 5) is 0. The Morgan fingerprint density at radius 3 is 2.42 bits per heavy atom. The predicted molar refractivity (Wildman–Crippen MR) is 75.2 cm³/mol. The minimum Gasteiger partial charge on any atom is -0.390 e. The molecule has 0 aliphatic carbocycles. The monoisotopic (exact) mass is 324 g/mol. The van der Waals surface area contributed by atoms with Gasteiger partial charge in [-0.2, -0.15) is 0 Å². The van der Waals surface area contributed by atoms with Crippen molar-refractivity contribution in [3.63, 3.8) is 0 Å². The second-order valence-electron chi connectivity index (χ2n) is 4.36. The van der Waals surface area contributed by atoms with Crippen molar-refractivity contribution in [3.8, 4) is 0 Å². The zero-order valence-corrected chi connectivity index (χ0v) is 11.7. The fraction of sp³-hybridized carbons (Fsp3) is 0.200. The summed E-state index contributed by atoms with van der Waals surface area (Å²) in [6, 6.07) is 13.2. The Kier molecular flexibility index (Phi) is 4.69. The first-order valence-corrected chi connectivity index (χ1v) is 6.72. The molecule has 0 radical (unpaired) electrons. The fourth-order valence-corrected chi connectivity index (χ4v) is 2.32. The molecule has 0 saturated carbocycles. The summed E-state index contributed by atoms with van der Waals surface area (Å²) in [5.74, 6) is -0.361. The SMILES string of the molecule is OC(Cc1cc(F)ccc1Br)C(O)c1ccccc1. The maximum atomic E-state index is 13.2. The van der Waals surface area contributed by atoms with Crippen molar-refractivity contribution < 1.29 is 14.6 Å². The van der Waals surface area contributed by atoms with Gasteiger partial charge in [0.25, 0.3) is 0 Å². The van der Waals surface area contributed by atoms with Crippen LogP contribution in [-0.2, 0) is 6.42 Å². The van der Waals surface area contributed by atoms with Gasteiger partial charge in [-0.05, 0) is 29.3 Å². The molecule has 100 valence electrons. The van der Waals surface area contributed by atoms with Crippen molar-refractivity contribution in [1.82, 2.24) is 0 Å². The lowest BCUT2D eigenvalue weighted by molar-refractivity contribution is 0.0188. The number of aliphatic hydroxyl groups excluding tert-OH is 2. The molecule has 0 saturated heterocycles. The van der Waals surface area contributed by atoms with Crippen LogP contribution in [0.15, 0.2) is 53.0 Å². The van der Waals surface area contributed by atoms with E-state index in [0.29, 0.717) is 15.6 Å². The number of hydrogen-bond donors (Lipinski definition) is 2. The molecule has 0 heterocycles. The largest absolute Gasteiger partial charge is 0.390 e. The lowest BCUT2D eigenvalue weighted by Gasteiger charge is -2.18. The highest BCUT2D eigenvalue weighted by Gasteiger charge is 2.19. The number of aliphatic hydroxyl groups is 2. The molecule has 0 spiro atoms. The smallest absolute Gasteiger partial charge is 0.123 e. The Bertz CT molecular complexity index is 545. The summed E-state index contributed by atoms with van der Waals surface area (Å²) in [6.07, 6.45) is -1.80. The zero-order valence-electron chi connectivity index (χ0n) is 10.1. The highest BCUT2D eigenvalue weighted by atomic mass is 79.9. The van der Waals surface area contributed by atoms with E-state index in [1.165, 1.54) is 12.1 Å². The second kappa shape index (κ2) is 6.28. The molecule has 2 nitrogen and oxygen atoms in total. The average molecular weight is 325 g/mol.